The van der Waals surface area contributed by atoms with Crippen LogP contribution in [0.15, 0.2) is 0 Å². The van der Waals surface area contributed by atoms with Crippen LogP contribution >= 0.6 is 0 Å². The molecular weight excluding hydrogens is 582 g/mol. The Morgan fingerprint density at radius 1 is 0.286 bits per heavy atom. The van der Waals surface area contributed by atoms with Crippen molar-refractivity contribution >= 4 is 86.7 Å². The Balaban J connectivity index is -0.0000000290. The zero-order chi connectivity index (χ0) is 22.5. The predicted molar refractivity (Wildman–Crippen MR) is 63.9 cm³/mol. The topological polar surface area (TPSA) is 401 Å². The largest absolute Gasteiger partial charge is 4.00 e. The summed E-state index contributed by atoms with van der Waals surface area (Å²) in [7, 11) is -25.8. The first-order valence-corrected chi connectivity index (χ1v) is 10.0. The van der Waals surface area contributed by atoms with Gasteiger partial charge in [-0.3, -0.25) is 42.1 Å². The minimum Gasteiger partial charge on any atom is -0.759 e. The second kappa shape index (κ2) is 21.4. The van der Waals surface area contributed by atoms with E-state index in [1.54, 1.807) is 0 Å². The van der Waals surface area contributed by atoms with Gasteiger partial charge >= 0.3 is 56.4 Å². The zero-order valence-electron chi connectivity index (χ0n) is 11.9. The van der Waals surface area contributed by atoms with Gasteiger partial charge in [0.1, 0.15) is 0 Å². The minimum absolute atomic E-state index is 0. The third-order valence-electron chi connectivity index (χ3n) is 0. The Kier molecular flexibility index (Phi) is 39.4. The molecule has 0 aromatic carbocycles. The molecule has 0 aliphatic heterocycles. The first-order chi connectivity index (χ1) is 10.0. The molecule has 0 aliphatic carbocycles. The van der Waals surface area contributed by atoms with Gasteiger partial charge in [0.2, 0.25) is 0 Å². The van der Waals surface area contributed by atoms with E-state index in [0.717, 1.165) is 0 Å². The maximum Gasteiger partial charge on any atom is 4.00 e. The third-order valence-corrected chi connectivity index (χ3v) is 0. The normalized spacial score (nSPS) is 10.4. The van der Waals surface area contributed by atoms with Gasteiger partial charge in [-0.15, -0.1) is 0 Å². The van der Waals surface area contributed by atoms with Crippen LogP contribution in [0.3, 0.4) is 0 Å². The zero-order valence-corrected chi connectivity index (χ0v) is 19.8. The first-order valence-electron chi connectivity index (χ1n) is 3.33. The van der Waals surface area contributed by atoms with E-state index >= 15 is 0 Å². The number of hydrogen-bond donors (Lipinski definition) is 0. The van der Waals surface area contributed by atoms with E-state index in [0.29, 0.717) is 0 Å². The standard InChI is InChI=1S/2Al.5H2O4S.Ti/c;;5*1-5(2,3)4;/h;;5*(H2,1,2,3,4);/q2*+3;;;;;;+4/p-10. The Bertz CT molecular complexity index is 625. The van der Waals surface area contributed by atoms with Gasteiger partial charge in [-0.05, 0) is 0 Å². The van der Waals surface area contributed by atoms with Crippen molar-refractivity contribution in [2.24, 2.45) is 0 Å². The molecule has 28 heteroatoms. The van der Waals surface area contributed by atoms with Crippen LogP contribution < -0.4 is 0 Å². The van der Waals surface area contributed by atoms with Gasteiger partial charge in [0.15, 0.2) is 0 Å². The molecule has 0 atom stereocenters. The summed E-state index contributed by atoms with van der Waals surface area (Å²) in [6, 6.07) is 0. The molecule has 20 nitrogen and oxygen atoms in total. The maximum atomic E-state index is 8.52. The number of hydrogen-bond acceptors (Lipinski definition) is 20. The molecular formula is Al2O20S5Ti. The van der Waals surface area contributed by atoms with Crippen LogP contribution in [0.5, 0.6) is 0 Å². The van der Waals surface area contributed by atoms with Gasteiger partial charge < -0.3 is 45.5 Å². The molecule has 0 amide bonds. The van der Waals surface area contributed by atoms with E-state index in [-0.39, 0.29) is 56.4 Å². The Morgan fingerprint density at radius 3 is 0.286 bits per heavy atom. The molecule has 0 unspecified atom stereocenters. The average molecular weight is 582 g/mol. The van der Waals surface area contributed by atoms with Crippen LogP contribution in [0.1, 0.15) is 0 Å². The molecule has 28 heavy (non-hydrogen) atoms. The van der Waals surface area contributed by atoms with Gasteiger partial charge in [-0.1, -0.05) is 0 Å². The predicted octanol–water partition coefficient (Wildman–Crippen LogP) is -7.45. The molecule has 0 aromatic heterocycles. The van der Waals surface area contributed by atoms with Crippen molar-refractivity contribution < 1.29 is 109 Å². The second-order valence-electron chi connectivity index (χ2n) is 2.04. The van der Waals surface area contributed by atoms with E-state index < -0.39 is 52.0 Å². The van der Waals surface area contributed by atoms with Crippen LogP contribution in [-0.4, -0.2) is 122 Å². The van der Waals surface area contributed by atoms with Gasteiger partial charge in [-0.25, -0.2) is 0 Å². The molecule has 0 saturated carbocycles. The molecule has 0 aliphatic rings. The van der Waals surface area contributed by atoms with Crippen molar-refractivity contribution in [2.45, 2.75) is 0 Å². The Hall–Kier alpha value is 1.13. The third kappa shape index (κ3) is 14500. The van der Waals surface area contributed by atoms with Crippen molar-refractivity contribution in [3.8, 4) is 0 Å². The molecule has 160 valence electrons. The fourth-order valence-corrected chi connectivity index (χ4v) is 0. The van der Waals surface area contributed by atoms with E-state index in [1.165, 1.54) is 0 Å². The SMILES string of the molecule is O=S(=O)([O-])[O-].O=S(=O)([O-])[O-].O=S(=O)([O-])[O-].O=S(=O)([O-])[O-].O=S(=O)([O-])[O-].[Al+3].[Al+3].[Ti+4]. The molecule has 0 bridgehead atoms. The van der Waals surface area contributed by atoms with Crippen LogP contribution in [0.4, 0.5) is 0 Å². The summed E-state index contributed by atoms with van der Waals surface area (Å²) in [6.07, 6.45) is 0. The smallest absolute Gasteiger partial charge is 0.759 e. The van der Waals surface area contributed by atoms with E-state index in [2.05, 4.69) is 0 Å². The van der Waals surface area contributed by atoms with Gasteiger partial charge in [0.25, 0.3) is 0 Å². The summed E-state index contributed by atoms with van der Waals surface area (Å²) in [5.41, 5.74) is 0. The van der Waals surface area contributed by atoms with Crippen LogP contribution in [0.2, 0.25) is 0 Å². The van der Waals surface area contributed by atoms with Gasteiger partial charge in [-0.2, -0.15) is 0 Å². The first kappa shape index (κ1) is 51.6. The van der Waals surface area contributed by atoms with Crippen molar-refractivity contribution in [3.05, 3.63) is 0 Å². The fraction of sp³-hybridized carbons (Fsp3) is 0. The average Bonchev–Trinajstić information content (AvgIpc) is 1.79. The Morgan fingerprint density at radius 2 is 0.286 bits per heavy atom. The van der Waals surface area contributed by atoms with Crippen molar-refractivity contribution in [1.29, 1.82) is 0 Å². The van der Waals surface area contributed by atoms with E-state index in [1.807, 2.05) is 0 Å². The quantitative estimate of drug-likeness (QED) is 0.145. The van der Waals surface area contributed by atoms with E-state index in [9.17, 15) is 0 Å². The summed E-state index contributed by atoms with van der Waals surface area (Å²) in [5.74, 6) is 0. The number of rotatable bonds is 0. The molecule has 0 heterocycles. The van der Waals surface area contributed by atoms with Gasteiger partial charge in [0, 0.05) is 52.0 Å². The van der Waals surface area contributed by atoms with Crippen LogP contribution in [0, 0.1) is 0 Å². The molecule has 0 N–H and O–H groups in total. The van der Waals surface area contributed by atoms with Crippen molar-refractivity contribution in [2.75, 3.05) is 0 Å². The molecule has 0 rings (SSSR count). The van der Waals surface area contributed by atoms with E-state index in [4.69, 9.17) is 87.6 Å². The molecule has 0 aromatic rings. The maximum absolute atomic E-state index is 8.52. The molecule has 0 saturated heterocycles. The molecule has 0 spiro atoms. The summed E-state index contributed by atoms with van der Waals surface area (Å²) >= 11 is 0. The van der Waals surface area contributed by atoms with Crippen LogP contribution in [0.25, 0.3) is 0 Å². The second-order valence-corrected chi connectivity index (χ2v) is 6.12. The summed E-state index contributed by atoms with van der Waals surface area (Å²) in [6.45, 7) is 0. The fourth-order valence-electron chi connectivity index (χ4n) is 0. The van der Waals surface area contributed by atoms with Crippen molar-refractivity contribution in [1.82, 2.24) is 0 Å². The molecule has 0 radical (unpaired) electrons. The molecule has 0 fully saturated rings. The van der Waals surface area contributed by atoms with Crippen molar-refractivity contribution in [3.63, 3.8) is 0 Å². The summed E-state index contributed by atoms with van der Waals surface area (Å²) in [5, 5.41) is 0. The summed E-state index contributed by atoms with van der Waals surface area (Å²) < 4.78 is 170. The Labute approximate surface area is 194 Å². The summed E-state index contributed by atoms with van der Waals surface area (Å²) in [4.78, 5) is 0. The van der Waals surface area contributed by atoms with Gasteiger partial charge in [0.05, 0.1) is 0 Å². The minimum atomic E-state index is -5.17. The monoisotopic (exact) mass is 582 g/mol. The van der Waals surface area contributed by atoms with Crippen LogP contribution in [-0.2, 0) is 73.7 Å².